The highest BCUT2D eigenvalue weighted by molar-refractivity contribution is 6.25. The molecule has 0 aliphatic heterocycles. The summed E-state index contributed by atoms with van der Waals surface area (Å²) in [5, 5.41) is 9.06. The van der Waals surface area contributed by atoms with Gasteiger partial charge in [0.15, 0.2) is 11.6 Å². The molecule has 0 fully saturated rings. The first kappa shape index (κ1) is 19.7. The molecule has 0 radical (unpaired) electrons. The molecule has 164 valence electrons. The first-order valence-corrected chi connectivity index (χ1v) is 11.5. The van der Waals surface area contributed by atoms with E-state index in [1.807, 2.05) is 18.2 Å². The topological polar surface area (TPSA) is 38.7 Å². The second-order valence-corrected chi connectivity index (χ2v) is 8.69. The van der Waals surface area contributed by atoms with Crippen LogP contribution in [0.2, 0.25) is 0 Å². The van der Waals surface area contributed by atoms with Gasteiger partial charge >= 0.3 is 0 Å². The highest BCUT2D eigenvalue weighted by atomic mass is 19.1. The van der Waals surface area contributed by atoms with Gasteiger partial charge in [0, 0.05) is 11.1 Å². The molecule has 6 aromatic carbocycles. The standard InChI is InChI=1S/C31H18FN3/c32-23-13-11-19-9-10-20(15-22(19)16-23)30-33-18-34-31(35-30)21-12-14-28-26-7-2-1-5-24(26)25-6-3-4-8-27(25)29(28)17-21/h1-18H. The number of fused-ring (bicyclic) bond motifs is 7. The lowest BCUT2D eigenvalue weighted by Crippen LogP contribution is -1.95. The van der Waals surface area contributed by atoms with Gasteiger partial charge in [0.05, 0.1) is 0 Å². The highest BCUT2D eigenvalue weighted by Gasteiger charge is 2.12. The Labute approximate surface area is 200 Å². The van der Waals surface area contributed by atoms with E-state index >= 15 is 0 Å². The maximum absolute atomic E-state index is 13.8. The molecule has 0 unspecified atom stereocenters. The molecule has 0 atom stereocenters. The smallest absolute Gasteiger partial charge is 0.163 e. The van der Waals surface area contributed by atoms with Crippen molar-refractivity contribution in [3.05, 3.63) is 115 Å². The zero-order valence-corrected chi connectivity index (χ0v) is 18.6. The average Bonchev–Trinajstić information content (AvgIpc) is 2.92. The fourth-order valence-electron chi connectivity index (χ4n) is 4.98. The van der Waals surface area contributed by atoms with E-state index in [9.17, 15) is 4.39 Å². The molecule has 4 heteroatoms. The van der Waals surface area contributed by atoms with E-state index in [-0.39, 0.29) is 5.82 Å². The third-order valence-corrected chi connectivity index (χ3v) is 6.63. The number of nitrogens with zero attached hydrogens (tertiary/aromatic N) is 3. The normalized spacial score (nSPS) is 11.6. The van der Waals surface area contributed by atoms with Crippen LogP contribution in [0.25, 0.3) is 65.9 Å². The van der Waals surface area contributed by atoms with Gasteiger partial charge in [0.25, 0.3) is 0 Å². The van der Waals surface area contributed by atoms with Gasteiger partial charge in [-0.1, -0.05) is 78.9 Å². The Hall–Kier alpha value is -4.70. The lowest BCUT2D eigenvalue weighted by Gasteiger charge is -2.11. The summed E-state index contributed by atoms with van der Waals surface area (Å²) < 4.78 is 13.8. The maximum Gasteiger partial charge on any atom is 0.163 e. The minimum Gasteiger partial charge on any atom is -0.217 e. The molecule has 35 heavy (non-hydrogen) atoms. The van der Waals surface area contributed by atoms with Crippen LogP contribution in [0.5, 0.6) is 0 Å². The van der Waals surface area contributed by atoms with Crippen molar-refractivity contribution >= 4 is 43.1 Å². The summed E-state index contributed by atoms with van der Waals surface area (Å²) in [6, 6.07) is 34.0. The van der Waals surface area contributed by atoms with Crippen LogP contribution in [0, 0.1) is 5.82 Å². The maximum atomic E-state index is 13.8. The number of rotatable bonds is 2. The van der Waals surface area contributed by atoms with Crippen molar-refractivity contribution in [2.24, 2.45) is 0 Å². The molecule has 0 aliphatic carbocycles. The number of hydrogen-bond acceptors (Lipinski definition) is 3. The van der Waals surface area contributed by atoms with Crippen LogP contribution in [0.3, 0.4) is 0 Å². The zero-order valence-electron chi connectivity index (χ0n) is 18.6. The van der Waals surface area contributed by atoms with Gasteiger partial charge in [0.1, 0.15) is 12.1 Å². The van der Waals surface area contributed by atoms with Gasteiger partial charge in [-0.2, -0.15) is 0 Å². The van der Waals surface area contributed by atoms with Crippen LogP contribution in [-0.4, -0.2) is 15.0 Å². The SMILES string of the molecule is Fc1ccc2ccc(-c3ncnc(-c4ccc5c6ccccc6c6ccccc6c5c4)n3)cc2c1. The van der Waals surface area contributed by atoms with Crippen molar-refractivity contribution < 1.29 is 4.39 Å². The third kappa shape index (κ3) is 3.22. The Morgan fingerprint density at radius 2 is 1.00 bits per heavy atom. The van der Waals surface area contributed by atoms with E-state index in [0.29, 0.717) is 11.6 Å². The average molecular weight is 452 g/mol. The molecule has 0 spiro atoms. The van der Waals surface area contributed by atoms with E-state index in [1.54, 1.807) is 6.07 Å². The van der Waals surface area contributed by atoms with Crippen molar-refractivity contribution in [2.75, 3.05) is 0 Å². The van der Waals surface area contributed by atoms with Gasteiger partial charge in [-0.25, -0.2) is 19.3 Å². The molecular weight excluding hydrogens is 433 g/mol. The van der Waals surface area contributed by atoms with Crippen molar-refractivity contribution in [1.29, 1.82) is 0 Å². The van der Waals surface area contributed by atoms with Crippen LogP contribution >= 0.6 is 0 Å². The van der Waals surface area contributed by atoms with Crippen molar-refractivity contribution in [3.8, 4) is 22.8 Å². The highest BCUT2D eigenvalue weighted by Crippen LogP contribution is 2.36. The second-order valence-electron chi connectivity index (χ2n) is 8.69. The predicted octanol–water partition coefficient (Wildman–Crippen LogP) is 7.96. The van der Waals surface area contributed by atoms with Crippen molar-refractivity contribution in [3.63, 3.8) is 0 Å². The van der Waals surface area contributed by atoms with Gasteiger partial charge in [-0.3, -0.25) is 0 Å². The Bertz CT molecular complexity index is 1890. The molecule has 7 rings (SSSR count). The second kappa shape index (κ2) is 7.67. The fourth-order valence-corrected chi connectivity index (χ4v) is 4.98. The molecule has 0 saturated carbocycles. The summed E-state index contributed by atoms with van der Waals surface area (Å²) in [6.45, 7) is 0. The van der Waals surface area contributed by atoms with Crippen LogP contribution in [0.15, 0.2) is 109 Å². The first-order chi connectivity index (χ1) is 17.2. The monoisotopic (exact) mass is 451 g/mol. The lowest BCUT2D eigenvalue weighted by molar-refractivity contribution is 0.630. The molecule has 0 aliphatic rings. The van der Waals surface area contributed by atoms with Crippen molar-refractivity contribution in [2.45, 2.75) is 0 Å². The number of halogens is 1. The van der Waals surface area contributed by atoms with E-state index < -0.39 is 0 Å². The van der Waals surface area contributed by atoms with Gasteiger partial charge in [-0.05, 0) is 67.4 Å². The summed E-state index contributed by atoms with van der Waals surface area (Å²) in [7, 11) is 0. The third-order valence-electron chi connectivity index (χ3n) is 6.63. The Morgan fingerprint density at radius 3 is 1.69 bits per heavy atom. The zero-order chi connectivity index (χ0) is 23.4. The summed E-state index contributed by atoms with van der Waals surface area (Å²) in [5.74, 6) is 0.903. The Balaban J connectivity index is 1.41. The summed E-state index contributed by atoms with van der Waals surface area (Å²) in [4.78, 5) is 13.7. The summed E-state index contributed by atoms with van der Waals surface area (Å²) >= 11 is 0. The first-order valence-electron chi connectivity index (χ1n) is 11.5. The molecular formula is C31H18FN3. The van der Waals surface area contributed by atoms with Crippen LogP contribution in [-0.2, 0) is 0 Å². The molecule has 0 N–H and O–H groups in total. The number of aromatic nitrogens is 3. The fraction of sp³-hybridized carbons (Fsp3) is 0. The molecule has 0 bridgehead atoms. The van der Waals surface area contributed by atoms with E-state index in [4.69, 9.17) is 4.98 Å². The van der Waals surface area contributed by atoms with Gasteiger partial charge in [0.2, 0.25) is 0 Å². The van der Waals surface area contributed by atoms with Gasteiger partial charge < -0.3 is 0 Å². The van der Waals surface area contributed by atoms with E-state index in [2.05, 4.69) is 76.7 Å². The Morgan fingerprint density at radius 1 is 0.457 bits per heavy atom. The number of hydrogen-bond donors (Lipinski definition) is 0. The molecule has 3 nitrogen and oxygen atoms in total. The minimum absolute atomic E-state index is 0.262. The molecule has 7 aromatic rings. The lowest BCUT2D eigenvalue weighted by atomic mass is 9.93. The van der Waals surface area contributed by atoms with Crippen LogP contribution in [0.1, 0.15) is 0 Å². The summed E-state index contributed by atoms with van der Waals surface area (Å²) in [6.07, 6.45) is 1.54. The van der Waals surface area contributed by atoms with Crippen LogP contribution < -0.4 is 0 Å². The molecule has 0 saturated heterocycles. The van der Waals surface area contributed by atoms with Gasteiger partial charge in [-0.15, -0.1) is 0 Å². The predicted molar refractivity (Wildman–Crippen MR) is 141 cm³/mol. The Kier molecular flexibility index (Phi) is 4.33. The summed E-state index contributed by atoms with van der Waals surface area (Å²) in [5.41, 5.74) is 1.75. The minimum atomic E-state index is -0.262. The van der Waals surface area contributed by atoms with E-state index in [0.717, 1.165) is 21.9 Å². The molecule has 1 heterocycles. The largest absolute Gasteiger partial charge is 0.217 e. The molecule has 1 aromatic heterocycles. The van der Waals surface area contributed by atoms with Crippen LogP contribution in [0.4, 0.5) is 4.39 Å². The molecule has 0 amide bonds. The number of benzene rings is 6. The van der Waals surface area contributed by atoms with E-state index in [1.165, 1.54) is 50.8 Å². The quantitative estimate of drug-likeness (QED) is 0.250. The van der Waals surface area contributed by atoms with Crippen molar-refractivity contribution in [1.82, 2.24) is 15.0 Å².